The molecule has 7 nitrogen and oxygen atoms in total. The number of nitrogens with zero attached hydrogens (tertiary/aromatic N) is 2. The number of carbonyl (C=O) groups excluding carboxylic acids is 2. The third kappa shape index (κ3) is 4.76. The quantitative estimate of drug-likeness (QED) is 0.716. The van der Waals surface area contributed by atoms with E-state index in [1.165, 1.54) is 17.8 Å². The van der Waals surface area contributed by atoms with E-state index in [9.17, 15) is 14.4 Å². The molecule has 25 heavy (non-hydrogen) atoms. The molecule has 134 valence electrons. The van der Waals surface area contributed by atoms with Gasteiger partial charge in [0.25, 0.3) is 5.91 Å². The van der Waals surface area contributed by atoms with Crippen molar-refractivity contribution in [2.45, 2.75) is 11.3 Å². The van der Waals surface area contributed by atoms with Crippen molar-refractivity contribution in [1.29, 1.82) is 0 Å². The summed E-state index contributed by atoms with van der Waals surface area (Å²) >= 11 is 1.61. The number of thioether (sulfide) groups is 1. The monoisotopic (exact) mass is 362 g/mol. The van der Waals surface area contributed by atoms with Crippen molar-refractivity contribution >= 4 is 23.6 Å². The first-order chi connectivity index (χ1) is 11.9. The molecule has 0 aliphatic heterocycles. The van der Waals surface area contributed by atoms with Crippen LogP contribution in [-0.2, 0) is 18.3 Å². The SMILES string of the molecule is CSc1ccccc1CC(=O)N(C)CCNC(=O)c1c[nH]c(=O)n1C. The Labute approximate surface area is 150 Å². The number of carbonyl (C=O) groups is 2. The summed E-state index contributed by atoms with van der Waals surface area (Å²) in [6.07, 6.45) is 3.68. The fourth-order valence-electron chi connectivity index (χ4n) is 2.35. The van der Waals surface area contributed by atoms with Crippen molar-refractivity contribution in [1.82, 2.24) is 19.8 Å². The third-order valence-corrected chi connectivity index (χ3v) is 4.76. The second-order valence-corrected chi connectivity index (χ2v) is 6.45. The van der Waals surface area contributed by atoms with Crippen LogP contribution < -0.4 is 11.0 Å². The van der Waals surface area contributed by atoms with Crippen molar-refractivity contribution < 1.29 is 9.59 Å². The summed E-state index contributed by atoms with van der Waals surface area (Å²) in [6, 6.07) is 7.82. The van der Waals surface area contributed by atoms with Gasteiger partial charge in [0.05, 0.1) is 6.42 Å². The van der Waals surface area contributed by atoms with Gasteiger partial charge in [0.2, 0.25) is 5.91 Å². The fourth-order valence-corrected chi connectivity index (χ4v) is 2.97. The van der Waals surface area contributed by atoms with Gasteiger partial charge in [-0.2, -0.15) is 0 Å². The van der Waals surface area contributed by atoms with Crippen molar-refractivity contribution in [3.8, 4) is 0 Å². The summed E-state index contributed by atoms with van der Waals surface area (Å²) in [5, 5.41) is 2.71. The number of nitrogens with one attached hydrogen (secondary N) is 2. The number of rotatable bonds is 7. The van der Waals surface area contributed by atoms with Crippen molar-refractivity contribution in [3.05, 3.63) is 52.2 Å². The van der Waals surface area contributed by atoms with Gasteiger partial charge in [0.15, 0.2) is 0 Å². The van der Waals surface area contributed by atoms with Crippen molar-refractivity contribution in [2.75, 3.05) is 26.4 Å². The molecular weight excluding hydrogens is 340 g/mol. The first kappa shape index (κ1) is 18.9. The van der Waals surface area contributed by atoms with Gasteiger partial charge in [-0.25, -0.2) is 4.79 Å². The molecule has 0 spiro atoms. The van der Waals surface area contributed by atoms with Gasteiger partial charge in [-0.05, 0) is 17.9 Å². The van der Waals surface area contributed by atoms with E-state index in [-0.39, 0.29) is 23.2 Å². The van der Waals surface area contributed by atoms with Crippen LogP contribution in [0.4, 0.5) is 0 Å². The molecule has 0 radical (unpaired) electrons. The Bertz CT molecular complexity index is 812. The molecule has 2 aromatic rings. The molecule has 0 unspecified atom stereocenters. The normalized spacial score (nSPS) is 10.5. The van der Waals surface area contributed by atoms with E-state index < -0.39 is 0 Å². The largest absolute Gasteiger partial charge is 0.349 e. The second-order valence-electron chi connectivity index (χ2n) is 5.60. The van der Waals surface area contributed by atoms with Gasteiger partial charge in [-0.15, -0.1) is 11.8 Å². The number of H-pyrrole nitrogens is 1. The minimum atomic E-state index is -0.352. The highest BCUT2D eigenvalue weighted by Crippen LogP contribution is 2.20. The standard InChI is InChI=1S/C17H22N4O3S/c1-20(15(22)10-12-6-4-5-7-14(12)25-3)9-8-18-16(23)13-11-19-17(24)21(13)2/h4-7,11H,8-10H2,1-3H3,(H,18,23)(H,19,24). The minimum Gasteiger partial charge on any atom is -0.349 e. The molecule has 0 saturated heterocycles. The van der Waals surface area contributed by atoms with Crippen LogP contribution >= 0.6 is 11.8 Å². The van der Waals surface area contributed by atoms with Crippen molar-refractivity contribution in [2.24, 2.45) is 7.05 Å². The predicted molar refractivity (Wildman–Crippen MR) is 97.9 cm³/mol. The highest BCUT2D eigenvalue weighted by molar-refractivity contribution is 7.98. The first-order valence-corrected chi connectivity index (χ1v) is 9.05. The summed E-state index contributed by atoms with van der Waals surface area (Å²) in [5.41, 5.74) is 0.913. The van der Waals surface area contributed by atoms with Crippen LogP contribution in [0, 0.1) is 0 Å². The molecular formula is C17H22N4O3S. The lowest BCUT2D eigenvalue weighted by Gasteiger charge is -2.18. The van der Waals surface area contributed by atoms with Gasteiger partial charge in [-0.1, -0.05) is 18.2 Å². The van der Waals surface area contributed by atoms with Gasteiger partial charge >= 0.3 is 5.69 Å². The average molecular weight is 362 g/mol. The Kier molecular flexibility index (Phi) is 6.46. The third-order valence-electron chi connectivity index (χ3n) is 3.92. The van der Waals surface area contributed by atoms with Gasteiger partial charge in [0, 0.05) is 38.3 Å². The number of imidazole rings is 1. The van der Waals surface area contributed by atoms with E-state index in [1.54, 1.807) is 23.7 Å². The maximum absolute atomic E-state index is 12.3. The molecule has 0 aliphatic carbocycles. The summed E-state index contributed by atoms with van der Waals surface area (Å²) in [6.45, 7) is 0.703. The Hall–Kier alpha value is -2.48. The van der Waals surface area contributed by atoms with E-state index in [1.807, 2.05) is 30.5 Å². The molecule has 2 N–H and O–H groups in total. The van der Waals surface area contributed by atoms with Crippen molar-refractivity contribution in [3.63, 3.8) is 0 Å². The zero-order valence-electron chi connectivity index (χ0n) is 14.5. The number of amides is 2. The lowest BCUT2D eigenvalue weighted by Crippen LogP contribution is -2.37. The molecule has 1 aromatic carbocycles. The molecule has 0 fully saturated rings. The smallest absolute Gasteiger partial charge is 0.325 e. The molecule has 1 aromatic heterocycles. The van der Waals surface area contributed by atoms with E-state index >= 15 is 0 Å². The van der Waals surface area contributed by atoms with E-state index in [2.05, 4.69) is 10.3 Å². The number of likely N-dealkylation sites (N-methyl/N-ethyl adjacent to an activating group) is 1. The lowest BCUT2D eigenvalue weighted by atomic mass is 10.1. The summed E-state index contributed by atoms with van der Waals surface area (Å²) in [7, 11) is 3.23. The topological polar surface area (TPSA) is 87.2 Å². The highest BCUT2D eigenvalue weighted by Gasteiger charge is 2.14. The first-order valence-electron chi connectivity index (χ1n) is 7.82. The predicted octanol–water partition coefficient (Wildman–Crippen LogP) is 0.866. The summed E-state index contributed by atoms with van der Waals surface area (Å²) in [4.78, 5) is 40.8. The number of aromatic nitrogens is 2. The Balaban J connectivity index is 1.84. The number of hydrogen-bond acceptors (Lipinski definition) is 4. The Morgan fingerprint density at radius 1 is 1.32 bits per heavy atom. The molecule has 0 aliphatic rings. The number of hydrogen-bond donors (Lipinski definition) is 2. The number of benzene rings is 1. The lowest BCUT2D eigenvalue weighted by molar-refractivity contribution is -0.129. The van der Waals surface area contributed by atoms with Crippen LogP contribution in [0.2, 0.25) is 0 Å². The summed E-state index contributed by atoms with van der Waals surface area (Å²) < 4.78 is 1.24. The van der Waals surface area contributed by atoms with E-state index in [4.69, 9.17) is 0 Å². The minimum absolute atomic E-state index is 0.00945. The molecule has 0 saturated carbocycles. The molecule has 2 amide bonds. The molecule has 1 heterocycles. The van der Waals surface area contributed by atoms with Gasteiger partial charge in [-0.3, -0.25) is 14.2 Å². The zero-order chi connectivity index (χ0) is 18.4. The van der Waals surface area contributed by atoms with Crippen LogP contribution in [0.5, 0.6) is 0 Å². The Morgan fingerprint density at radius 3 is 2.68 bits per heavy atom. The van der Waals surface area contributed by atoms with Crippen LogP contribution in [0.3, 0.4) is 0 Å². The summed E-state index contributed by atoms with van der Waals surface area (Å²) in [5.74, 6) is -0.362. The van der Waals surface area contributed by atoms with Crippen LogP contribution in [0.15, 0.2) is 40.2 Å². The van der Waals surface area contributed by atoms with E-state index in [0.29, 0.717) is 19.5 Å². The number of aromatic amines is 1. The second kappa shape index (κ2) is 8.57. The van der Waals surface area contributed by atoms with E-state index in [0.717, 1.165) is 10.5 Å². The molecule has 8 heteroatoms. The molecule has 0 bridgehead atoms. The zero-order valence-corrected chi connectivity index (χ0v) is 15.4. The fraction of sp³-hybridized carbons (Fsp3) is 0.353. The van der Waals surface area contributed by atoms with Crippen LogP contribution in [0.1, 0.15) is 16.1 Å². The maximum atomic E-state index is 12.3. The van der Waals surface area contributed by atoms with Gasteiger partial charge in [0.1, 0.15) is 5.69 Å². The van der Waals surface area contributed by atoms with Crippen LogP contribution in [-0.4, -0.2) is 52.7 Å². The molecule has 2 rings (SSSR count). The van der Waals surface area contributed by atoms with Crippen LogP contribution in [0.25, 0.3) is 0 Å². The average Bonchev–Trinajstić information content (AvgIpc) is 2.94. The maximum Gasteiger partial charge on any atom is 0.325 e. The Morgan fingerprint density at radius 2 is 2.04 bits per heavy atom. The molecule has 0 atom stereocenters. The highest BCUT2D eigenvalue weighted by atomic mass is 32.2. The van der Waals surface area contributed by atoms with Gasteiger partial charge < -0.3 is 15.2 Å².